The Bertz CT molecular complexity index is 359. The highest BCUT2D eigenvalue weighted by Crippen LogP contribution is 2.27. The summed E-state index contributed by atoms with van der Waals surface area (Å²) in [5.74, 6) is 1.35. The number of rotatable bonds is 2. The maximum atomic E-state index is 9.09. The van der Waals surface area contributed by atoms with E-state index in [1.807, 2.05) is 13.0 Å². The first kappa shape index (κ1) is 11.2. The molecule has 0 amide bonds. The summed E-state index contributed by atoms with van der Waals surface area (Å²) >= 11 is 0. The lowest BCUT2D eigenvalue weighted by molar-refractivity contribution is 0.203. The van der Waals surface area contributed by atoms with Crippen molar-refractivity contribution in [3.8, 4) is 0 Å². The average molecular weight is 221 g/mol. The van der Waals surface area contributed by atoms with E-state index in [2.05, 4.69) is 9.88 Å². The summed E-state index contributed by atoms with van der Waals surface area (Å²) in [5.41, 5.74) is 7.89. The minimum Gasteiger partial charge on any atom is -0.396 e. The molecule has 4 nitrogen and oxygen atoms in total. The number of anilines is 2. The molecule has 0 saturated carbocycles. The highest BCUT2D eigenvalue weighted by atomic mass is 16.3. The maximum Gasteiger partial charge on any atom is 0.152 e. The van der Waals surface area contributed by atoms with Gasteiger partial charge in [-0.2, -0.15) is 0 Å². The second kappa shape index (κ2) is 4.70. The van der Waals surface area contributed by atoms with Gasteiger partial charge in [-0.05, 0) is 37.3 Å². The van der Waals surface area contributed by atoms with E-state index in [0.29, 0.717) is 12.5 Å². The van der Waals surface area contributed by atoms with Gasteiger partial charge < -0.3 is 15.7 Å². The molecular formula is C12H19N3O. The molecule has 88 valence electrons. The summed E-state index contributed by atoms with van der Waals surface area (Å²) in [7, 11) is 0. The normalized spacial score (nSPS) is 17.8. The fraction of sp³-hybridized carbons (Fsp3) is 0.583. The first-order chi connectivity index (χ1) is 7.72. The standard InChI is InChI=1S/C12H19N3O/c1-9-2-5-14-12(11(9)13)15-6-3-10(8-16)4-7-15/h2,5,10,16H,3-4,6-8,13H2,1H3. The zero-order valence-electron chi connectivity index (χ0n) is 9.69. The third kappa shape index (κ3) is 2.11. The smallest absolute Gasteiger partial charge is 0.152 e. The van der Waals surface area contributed by atoms with Crippen LogP contribution in [0.1, 0.15) is 18.4 Å². The number of aliphatic hydroxyl groups excluding tert-OH is 1. The molecule has 1 saturated heterocycles. The molecule has 1 aromatic rings. The van der Waals surface area contributed by atoms with Crippen LogP contribution < -0.4 is 10.6 Å². The molecule has 0 aromatic carbocycles. The minimum absolute atomic E-state index is 0.296. The molecule has 1 fully saturated rings. The lowest BCUT2D eigenvalue weighted by atomic mass is 9.98. The molecule has 0 unspecified atom stereocenters. The van der Waals surface area contributed by atoms with E-state index < -0.39 is 0 Å². The van der Waals surface area contributed by atoms with Crippen molar-refractivity contribution in [2.24, 2.45) is 5.92 Å². The van der Waals surface area contributed by atoms with E-state index in [0.717, 1.165) is 43.0 Å². The van der Waals surface area contributed by atoms with Crippen LogP contribution in [0.5, 0.6) is 0 Å². The molecular weight excluding hydrogens is 202 g/mol. The van der Waals surface area contributed by atoms with E-state index >= 15 is 0 Å². The Morgan fingerprint density at radius 3 is 2.81 bits per heavy atom. The highest BCUT2D eigenvalue weighted by Gasteiger charge is 2.21. The van der Waals surface area contributed by atoms with Crippen LogP contribution in [-0.2, 0) is 0 Å². The van der Waals surface area contributed by atoms with Crippen LogP contribution in [0.2, 0.25) is 0 Å². The molecule has 0 spiro atoms. The Labute approximate surface area is 96.1 Å². The van der Waals surface area contributed by atoms with Crippen molar-refractivity contribution in [1.82, 2.24) is 4.98 Å². The zero-order valence-corrected chi connectivity index (χ0v) is 9.69. The zero-order chi connectivity index (χ0) is 11.5. The Hall–Kier alpha value is -1.29. The van der Waals surface area contributed by atoms with Gasteiger partial charge in [-0.3, -0.25) is 0 Å². The lowest BCUT2D eigenvalue weighted by Crippen LogP contribution is -2.35. The van der Waals surface area contributed by atoms with Gasteiger partial charge in [0.25, 0.3) is 0 Å². The van der Waals surface area contributed by atoms with Gasteiger partial charge in [0.15, 0.2) is 5.82 Å². The largest absolute Gasteiger partial charge is 0.396 e. The van der Waals surface area contributed by atoms with Crippen molar-refractivity contribution in [2.45, 2.75) is 19.8 Å². The Kier molecular flexibility index (Phi) is 3.29. The van der Waals surface area contributed by atoms with Crippen molar-refractivity contribution >= 4 is 11.5 Å². The number of aliphatic hydroxyl groups is 1. The van der Waals surface area contributed by atoms with Gasteiger partial charge in [0, 0.05) is 25.9 Å². The van der Waals surface area contributed by atoms with E-state index in [1.165, 1.54) is 0 Å². The molecule has 0 aliphatic carbocycles. The second-order valence-electron chi connectivity index (χ2n) is 4.48. The third-order valence-electron chi connectivity index (χ3n) is 3.36. The predicted molar refractivity (Wildman–Crippen MR) is 65.4 cm³/mol. The molecule has 1 aromatic heterocycles. The van der Waals surface area contributed by atoms with Gasteiger partial charge in [-0.25, -0.2) is 4.98 Å². The van der Waals surface area contributed by atoms with E-state index in [-0.39, 0.29) is 0 Å². The van der Waals surface area contributed by atoms with Crippen LogP contribution in [0.25, 0.3) is 0 Å². The summed E-state index contributed by atoms with van der Waals surface area (Å²) < 4.78 is 0. The Morgan fingerprint density at radius 1 is 1.50 bits per heavy atom. The van der Waals surface area contributed by atoms with Crippen LogP contribution in [0, 0.1) is 12.8 Å². The summed E-state index contributed by atoms with van der Waals surface area (Å²) in [4.78, 5) is 6.57. The molecule has 3 N–H and O–H groups in total. The number of aromatic nitrogens is 1. The van der Waals surface area contributed by atoms with Crippen LogP contribution in [-0.4, -0.2) is 29.8 Å². The molecule has 0 atom stereocenters. The summed E-state index contributed by atoms with van der Waals surface area (Å²) in [6.45, 7) is 4.17. The number of nitrogens with zero attached hydrogens (tertiary/aromatic N) is 2. The van der Waals surface area contributed by atoms with Gasteiger partial charge in [-0.1, -0.05) is 0 Å². The van der Waals surface area contributed by atoms with Crippen LogP contribution >= 0.6 is 0 Å². The molecule has 2 heterocycles. The number of nitrogens with two attached hydrogens (primary N) is 1. The molecule has 0 radical (unpaired) electrons. The average Bonchev–Trinajstić information content (AvgIpc) is 2.33. The van der Waals surface area contributed by atoms with Crippen molar-refractivity contribution in [1.29, 1.82) is 0 Å². The van der Waals surface area contributed by atoms with Crippen LogP contribution in [0.4, 0.5) is 11.5 Å². The van der Waals surface area contributed by atoms with E-state index in [9.17, 15) is 0 Å². The van der Waals surface area contributed by atoms with Gasteiger partial charge in [0.05, 0.1) is 5.69 Å². The van der Waals surface area contributed by atoms with E-state index in [4.69, 9.17) is 10.8 Å². The van der Waals surface area contributed by atoms with Crippen LogP contribution in [0.15, 0.2) is 12.3 Å². The summed E-state index contributed by atoms with van der Waals surface area (Å²) in [6.07, 6.45) is 3.84. The fourth-order valence-electron chi connectivity index (χ4n) is 2.13. The molecule has 16 heavy (non-hydrogen) atoms. The van der Waals surface area contributed by atoms with Crippen LogP contribution in [0.3, 0.4) is 0 Å². The summed E-state index contributed by atoms with van der Waals surface area (Å²) in [6, 6.07) is 1.93. The predicted octanol–water partition coefficient (Wildman–Crippen LogP) is 1.18. The van der Waals surface area contributed by atoms with Gasteiger partial charge in [-0.15, -0.1) is 0 Å². The molecule has 1 aliphatic rings. The molecule has 1 aliphatic heterocycles. The number of pyridine rings is 1. The van der Waals surface area contributed by atoms with Crippen molar-refractivity contribution in [3.05, 3.63) is 17.8 Å². The monoisotopic (exact) mass is 221 g/mol. The fourth-order valence-corrected chi connectivity index (χ4v) is 2.13. The third-order valence-corrected chi connectivity index (χ3v) is 3.36. The molecule has 2 rings (SSSR count). The number of nitrogen functional groups attached to an aromatic ring is 1. The first-order valence-corrected chi connectivity index (χ1v) is 5.79. The van der Waals surface area contributed by atoms with Crippen molar-refractivity contribution < 1.29 is 5.11 Å². The summed E-state index contributed by atoms with van der Waals surface area (Å²) in [5, 5.41) is 9.09. The van der Waals surface area contributed by atoms with Crippen molar-refractivity contribution in [2.75, 3.05) is 30.3 Å². The number of piperidine rings is 1. The maximum absolute atomic E-state index is 9.09. The topological polar surface area (TPSA) is 62.4 Å². The van der Waals surface area contributed by atoms with Gasteiger partial charge >= 0.3 is 0 Å². The van der Waals surface area contributed by atoms with E-state index in [1.54, 1.807) is 6.20 Å². The number of hydrogen-bond acceptors (Lipinski definition) is 4. The first-order valence-electron chi connectivity index (χ1n) is 5.79. The SMILES string of the molecule is Cc1ccnc(N2CCC(CO)CC2)c1N. The number of hydrogen-bond donors (Lipinski definition) is 2. The lowest BCUT2D eigenvalue weighted by Gasteiger charge is -2.32. The Balaban J connectivity index is 2.11. The van der Waals surface area contributed by atoms with Gasteiger partial charge in [0.1, 0.15) is 0 Å². The minimum atomic E-state index is 0.296. The second-order valence-corrected chi connectivity index (χ2v) is 4.48. The highest BCUT2D eigenvalue weighted by molar-refractivity contribution is 5.66. The van der Waals surface area contributed by atoms with Crippen molar-refractivity contribution in [3.63, 3.8) is 0 Å². The molecule has 4 heteroatoms. The molecule has 0 bridgehead atoms. The number of aryl methyl sites for hydroxylation is 1. The Morgan fingerprint density at radius 2 is 2.19 bits per heavy atom. The quantitative estimate of drug-likeness (QED) is 0.787. The van der Waals surface area contributed by atoms with Gasteiger partial charge in [0.2, 0.25) is 0 Å².